The normalized spacial score (nSPS) is 19.6. The summed E-state index contributed by atoms with van der Waals surface area (Å²) in [5, 5.41) is 0. The van der Waals surface area contributed by atoms with Crippen LogP contribution in [0, 0.1) is 11.7 Å². The van der Waals surface area contributed by atoms with Crippen LogP contribution < -0.4 is 0 Å². The standard InChI is InChI=1S/C17H21N3S/c1-13-11-15(19-17(21)18-13)16-9-5-6-10-20(16)12-14-7-3-2-4-8-14/h2-4,7-8,11,16H,5-6,9-10,12H2,1H3,(H,18,19,21). The smallest absolute Gasteiger partial charge is 0.197 e. The van der Waals surface area contributed by atoms with Gasteiger partial charge in [0.1, 0.15) is 0 Å². The molecule has 0 saturated carbocycles. The lowest BCUT2D eigenvalue weighted by atomic mass is 9.98. The molecule has 2 heterocycles. The molecule has 0 radical (unpaired) electrons. The second-order valence-corrected chi connectivity index (χ2v) is 6.15. The largest absolute Gasteiger partial charge is 0.335 e. The van der Waals surface area contributed by atoms with E-state index < -0.39 is 0 Å². The third-order valence-corrected chi connectivity index (χ3v) is 4.28. The van der Waals surface area contributed by atoms with E-state index in [2.05, 4.69) is 51.3 Å². The fraction of sp³-hybridized carbons (Fsp3) is 0.412. The molecule has 1 atom stereocenters. The number of aromatic nitrogens is 2. The van der Waals surface area contributed by atoms with Crippen molar-refractivity contribution >= 4 is 12.2 Å². The Morgan fingerprint density at radius 1 is 1.29 bits per heavy atom. The molecule has 1 aromatic carbocycles. The van der Waals surface area contributed by atoms with Crippen molar-refractivity contribution < 1.29 is 0 Å². The van der Waals surface area contributed by atoms with Crippen molar-refractivity contribution in [1.82, 2.24) is 14.9 Å². The number of hydrogen-bond acceptors (Lipinski definition) is 3. The lowest BCUT2D eigenvalue weighted by Crippen LogP contribution is -2.33. The van der Waals surface area contributed by atoms with Gasteiger partial charge in [-0.25, -0.2) is 4.98 Å². The average Bonchev–Trinajstić information content (AvgIpc) is 2.48. The quantitative estimate of drug-likeness (QED) is 0.863. The van der Waals surface area contributed by atoms with E-state index in [0.717, 1.165) is 30.9 Å². The molecule has 1 aliphatic rings. The van der Waals surface area contributed by atoms with Gasteiger partial charge >= 0.3 is 0 Å². The summed E-state index contributed by atoms with van der Waals surface area (Å²) < 4.78 is 0.593. The monoisotopic (exact) mass is 299 g/mol. The molecule has 1 unspecified atom stereocenters. The highest BCUT2D eigenvalue weighted by atomic mass is 32.1. The van der Waals surface area contributed by atoms with Crippen LogP contribution in [0.4, 0.5) is 0 Å². The summed E-state index contributed by atoms with van der Waals surface area (Å²) in [4.78, 5) is 10.2. The summed E-state index contributed by atoms with van der Waals surface area (Å²) in [6, 6.07) is 13.2. The van der Waals surface area contributed by atoms with Crippen molar-refractivity contribution in [2.24, 2.45) is 0 Å². The molecule has 1 aliphatic heterocycles. The van der Waals surface area contributed by atoms with Gasteiger partial charge in [-0.05, 0) is 50.2 Å². The lowest BCUT2D eigenvalue weighted by Gasteiger charge is -2.35. The Balaban J connectivity index is 1.85. The molecule has 3 rings (SSSR count). The van der Waals surface area contributed by atoms with Gasteiger partial charge in [-0.1, -0.05) is 36.8 Å². The number of rotatable bonds is 3. The van der Waals surface area contributed by atoms with E-state index in [-0.39, 0.29) is 0 Å². The second-order valence-electron chi connectivity index (χ2n) is 5.76. The Hall–Kier alpha value is -1.52. The molecule has 1 aromatic heterocycles. The summed E-state index contributed by atoms with van der Waals surface area (Å²) in [7, 11) is 0. The Labute approximate surface area is 131 Å². The van der Waals surface area contributed by atoms with Crippen molar-refractivity contribution in [1.29, 1.82) is 0 Å². The second kappa shape index (κ2) is 6.50. The van der Waals surface area contributed by atoms with Gasteiger partial charge in [-0.2, -0.15) is 0 Å². The molecule has 0 aliphatic carbocycles. The minimum Gasteiger partial charge on any atom is -0.335 e. The fourth-order valence-corrected chi connectivity index (χ4v) is 3.37. The van der Waals surface area contributed by atoms with Crippen molar-refractivity contribution in [3.8, 4) is 0 Å². The van der Waals surface area contributed by atoms with Crippen LogP contribution >= 0.6 is 12.2 Å². The predicted molar refractivity (Wildman–Crippen MR) is 87.6 cm³/mol. The zero-order valence-corrected chi connectivity index (χ0v) is 13.2. The molecule has 110 valence electrons. The topological polar surface area (TPSA) is 31.9 Å². The van der Waals surface area contributed by atoms with E-state index in [4.69, 9.17) is 12.2 Å². The Bertz CT molecular complexity index is 651. The van der Waals surface area contributed by atoms with Gasteiger partial charge in [0, 0.05) is 12.2 Å². The molecular formula is C17H21N3S. The van der Waals surface area contributed by atoms with Gasteiger partial charge in [-0.3, -0.25) is 4.90 Å². The van der Waals surface area contributed by atoms with E-state index in [1.807, 2.05) is 6.92 Å². The van der Waals surface area contributed by atoms with Gasteiger partial charge in [0.25, 0.3) is 0 Å². The number of likely N-dealkylation sites (tertiary alicyclic amines) is 1. The number of nitrogens with zero attached hydrogens (tertiary/aromatic N) is 2. The number of aromatic amines is 1. The number of aryl methyl sites for hydroxylation is 1. The Morgan fingerprint density at radius 2 is 2.10 bits per heavy atom. The molecule has 0 spiro atoms. The first-order chi connectivity index (χ1) is 10.2. The van der Waals surface area contributed by atoms with Crippen LogP contribution in [0.15, 0.2) is 36.4 Å². The molecule has 1 N–H and O–H groups in total. The summed E-state index contributed by atoms with van der Waals surface area (Å²) in [6.07, 6.45) is 3.70. The Morgan fingerprint density at radius 3 is 2.86 bits per heavy atom. The van der Waals surface area contributed by atoms with Crippen LogP contribution in [0.5, 0.6) is 0 Å². The van der Waals surface area contributed by atoms with Crippen LogP contribution in [0.1, 0.15) is 42.3 Å². The predicted octanol–water partition coefficient (Wildman–Crippen LogP) is 4.17. The molecule has 1 fully saturated rings. The van der Waals surface area contributed by atoms with E-state index in [1.54, 1.807) is 0 Å². The maximum atomic E-state index is 5.24. The molecule has 4 heteroatoms. The number of benzene rings is 1. The number of H-pyrrole nitrogens is 1. The zero-order chi connectivity index (χ0) is 14.7. The van der Waals surface area contributed by atoms with Gasteiger partial charge in [0.2, 0.25) is 0 Å². The van der Waals surface area contributed by atoms with Crippen molar-refractivity contribution in [3.05, 3.63) is 58.1 Å². The van der Waals surface area contributed by atoms with Crippen LogP contribution in [0.2, 0.25) is 0 Å². The zero-order valence-electron chi connectivity index (χ0n) is 12.4. The average molecular weight is 299 g/mol. The van der Waals surface area contributed by atoms with E-state index in [9.17, 15) is 0 Å². The summed E-state index contributed by atoms with van der Waals surface area (Å²) in [5.74, 6) is 0. The molecule has 1 saturated heterocycles. The molecule has 2 aromatic rings. The highest BCUT2D eigenvalue weighted by Gasteiger charge is 2.25. The van der Waals surface area contributed by atoms with Gasteiger partial charge in [0.15, 0.2) is 4.77 Å². The molecule has 0 amide bonds. The maximum absolute atomic E-state index is 5.24. The lowest BCUT2D eigenvalue weighted by molar-refractivity contribution is 0.137. The highest BCUT2D eigenvalue weighted by molar-refractivity contribution is 7.71. The van der Waals surface area contributed by atoms with Crippen LogP contribution in [-0.2, 0) is 6.54 Å². The number of nitrogens with one attached hydrogen (secondary N) is 1. The van der Waals surface area contributed by atoms with E-state index >= 15 is 0 Å². The molecule has 21 heavy (non-hydrogen) atoms. The third-order valence-electron chi connectivity index (χ3n) is 4.08. The third kappa shape index (κ3) is 3.57. The van der Waals surface area contributed by atoms with Crippen molar-refractivity contribution in [2.45, 2.75) is 38.8 Å². The maximum Gasteiger partial charge on any atom is 0.197 e. The molecule has 3 nitrogen and oxygen atoms in total. The van der Waals surface area contributed by atoms with E-state index in [1.165, 1.54) is 18.4 Å². The number of hydrogen-bond donors (Lipinski definition) is 1. The van der Waals surface area contributed by atoms with Crippen LogP contribution in [0.25, 0.3) is 0 Å². The molecular weight excluding hydrogens is 278 g/mol. The summed E-state index contributed by atoms with van der Waals surface area (Å²) >= 11 is 5.24. The summed E-state index contributed by atoms with van der Waals surface area (Å²) in [5.41, 5.74) is 3.57. The minimum absolute atomic E-state index is 0.383. The SMILES string of the molecule is Cc1cc(C2CCCCN2Cc2ccccc2)nc(=S)[nH]1. The van der Waals surface area contributed by atoms with Crippen LogP contribution in [0.3, 0.4) is 0 Å². The summed E-state index contributed by atoms with van der Waals surface area (Å²) in [6.45, 7) is 4.16. The van der Waals surface area contributed by atoms with Crippen molar-refractivity contribution in [3.63, 3.8) is 0 Å². The number of piperidine rings is 1. The first-order valence-electron chi connectivity index (χ1n) is 7.58. The van der Waals surface area contributed by atoms with Gasteiger partial charge in [0.05, 0.1) is 11.7 Å². The van der Waals surface area contributed by atoms with Crippen molar-refractivity contribution in [2.75, 3.05) is 6.54 Å². The highest BCUT2D eigenvalue weighted by Crippen LogP contribution is 2.31. The minimum atomic E-state index is 0.383. The van der Waals surface area contributed by atoms with Gasteiger partial charge < -0.3 is 4.98 Å². The first kappa shape index (κ1) is 14.4. The fourth-order valence-electron chi connectivity index (χ4n) is 3.11. The van der Waals surface area contributed by atoms with E-state index in [0.29, 0.717) is 10.8 Å². The molecule has 0 bridgehead atoms. The first-order valence-corrected chi connectivity index (χ1v) is 7.99. The Kier molecular flexibility index (Phi) is 4.46. The van der Waals surface area contributed by atoms with Crippen LogP contribution in [-0.4, -0.2) is 21.4 Å². The van der Waals surface area contributed by atoms with Gasteiger partial charge in [-0.15, -0.1) is 0 Å².